The van der Waals surface area contributed by atoms with Crippen molar-refractivity contribution in [3.63, 3.8) is 0 Å². The van der Waals surface area contributed by atoms with Crippen LogP contribution in [0.3, 0.4) is 0 Å². The molecule has 1 N–H and O–H groups in total. The number of ether oxygens (including phenoxy) is 7. The van der Waals surface area contributed by atoms with Gasteiger partial charge < -0.3 is 38.3 Å². The zero-order valence-corrected chi connectivity index (χ0v) is 26.0. The summed E-state index contributed by atoms with van der Waals surface area (Å²) in [6.07, 6.45) is 1.03. The van der Waals surface area contributed by atoms with Gasteiger partial charge in [0.15, 0.2) is 6.10 Å². The fourth-order valence-electron chi connectivity index (χ4n) is 8.42. The Balaban J connectivity index is 1.61. The van der Waals surface area contributed by atoms with Crippen LogP contribution in [-0.4, -0.2) is 84.1 Å². The molecule has 3 aliphatic heterocycles. The third kappa shape index (κ3) is 4.93. The summed E-state index contributed by atoms with van der Waals surface area (Å²) >= 11 is 0. The number of aliphatic hydroxyl groups is 1. The fourth-order valence-corrected chi connectivity index (χ4v) is 8.42. The Hall–Kier alpha value is -2.70. The maximum absolute atomic E-state index is 13.6. The van der Waals surface area contributed by atoms with E-state index < -0.39 is 76.4 Å². The van der Waals surface area contributed by atoms with Gasteiger partial charge >= 0.3 is 23.9 Å². The Morgan fingerprint density at radius 3 is 2.30 bits per heavy atom. The van der Waals surface area contributed by atoms with Crippen molar-refractivity contribution in [3.8, 4) is 0 Å². The van der Waals surface area contributed by atoms with E-state index in [0.717, 1.165) is 0 Å². The van der Waals surface area contributed by atoms with Crippen molar-refractivity contribution < 1.29 is 57.4 Å². The van der Waals surface area contributed by atoms with Crippen LogP contribution in [0.1, 0.15) is 74.1 Å². The molecule has 5 rings (SSSR count). The average molecular weight is 609 g/mol. The van der Waals surface area contributed by atoms with Crippen molar-refractivity contribution in [2.75, 3.05) is 13.2 Å². The highest BCUT2D eigenvalue weighted by atomic mass is 16.7. The number of aliphatic hydroxyl groups excluding tert-OH is 1. The lowest BCUT2D eigenvalue weighted by Gasteiger charge is -2.65. The quantitative estimate of drug-likeness (QED) is 0.244. The highest BCUT2D eigenvalue weighted by Gasteiger charge is 2.81. The number of carbonyl (C=O) groups excluding carboxylic acids is 4. The van der Waals surface area contributed by atoms with E-state index in [2.05, 4.69) is 13.8 Å². The molecular weight excluding hydrogens is 564 g/mol. The van der Waals surface area contributed by atoms with Gasteiger partial charge in [-0.15, -0.1) is 0 Å². The fraction of sp³-hybridized carbons (Fsp3) is 0.806. The number of hydrogen-bond donors (Lipinski definition) is 1. The van der Waals surface area contributed by atoms with Crippen LogP contribution in [0.25, 0.3) is 0 Å². The first-order chi connectivity index (χ1) is 20.1. The van der Waals surface area contributed by atoms with Crippen molar-refractivity contribution in [1.82, 2.24) is 0 Å². The number of epoxide rings is 1. The summed E-state index contributed by atoms with van der Waals surface area (Å²) < 4.78 is 41.5. The van der Waals surface area contributed by atoms with Crippen molar-refractivity contribution >= 4 is 23.9 Å². The molecule has 0 aromatic carbocycles. The van der Waals surface area contributed by atoms with Gasteiger partial charge in [-0.3, -0.25) is 14.4 Å². The first-order valence-electron chi connectivity index (χ1n) is 15.2. The van der Waals surface area contributed by atoms with Gasteiger partial charge in [-0.1, -0.05) is 20.8 Å². The normalized spacial score (nSPS) is 43.9. The molecule has 5 aliphatic rings. The summed E-state index contributed by atoms with van der Waals surface area (Å²) in [5.41, 5.74) is -4.80. The minimum Gasteiger partial charge on any atom is -0.472 e. The van der Waals surface area contributed by atoms with Crippen LogP contribution in [-0.2, 0) is 52.3 Å². The first-order valence-corrected chi connectivity index (χ1v) is 15.2. The van der Waals surface area contributed by atoms with Crippen molar-refractivity contribution in [2.45, 2.75) is 116 Å². The third-order valence-electron chi connectivity index (χ3n) is 11.0. The van der Waals surface area contributed by atoms with Gasteiger partial charge in [0.1, 0.15) is 18.3 Å². The topological polar surface area (TPSA) is 156 Å². The Kier molecular flexibility index (Phi) is 8.13. The molecule has 0 aromatic heterocycles. The third-order valence-corrected chi connectivity index (χ3v) is 11.0. The van der Waals surface area contributed by atoms with Crippen LogP contribution in [0.4, 0.5) is 0 Å². The standard InChI is InChI=1S/C31H44O12/c1-8-28(6,43-19(5)34)27(36)42-25-21(35)13-22-29(7,23-12-20-9-10-37-26(20)41-23)16(2)11-24(40-18(4)33)30(22,14-38-17(3)32)31(25)15-39-31/h9-10,16,20-26,35H,8,11-15H2,1-7H3/t16-,20+,21+,22?,23-,24-,25-,26-,28+,29-,30-,31+/m0/s1. The lowest BCUT2D eigenvalue weighted by atomic mass is 9.41. The molecule has 2 saturated carbocycles. The highest BCUT2D eigenvalue weighted by molar-refractivity contribution is 5.82. The van der Waals surface area contributed by atoms with Gasteiger partial charge in [-0.05, 0) is 50.5 Å². The summed E-state index contributed by atoms with van der Waals surface area (Å²) in [5, 5.41) is 11.8. The molecule has 12 heteroatoms. The van der Waals surface area contributed by atoms with E-state index in [1.807, 2.05) is 6.08 Å². The number of carbonyl (C=O) groups is 4. The second-order valence-electron chi connectivity index (χ2n) is 13.3. The molecule has 12 nitrogen and oxygen atoms in total. The summed E-state index contributed by atoms with van der Waals surface area (Å²) in [7, 11) is 0. The molecule has 0 aromatic rings. The second-order valence-corrected chi connectivity index (χ2v) is 13.3. The molecule has 2 saturated heterocycles. The lowest BCUT2D eigenvalue weighted by Crippen LogP contribution is -2.74. The van der Waals surface area contributed by atoms with Crippen molar-refractivity contribution in [3.05, 3.63) is 12.3 Å². The van der Waals surface area contributed by atoms with Crippen LogP contribution in [0, 0.1) is 28.6 Å². The minimum atomic E-state index is -1.60. The van der Waals surface area contributed by atoms with E-state index in [1.54, 1.807) is 13.2 Å². The molecule has 12 atom stereocenters. The molecular formula is C31H44O12. The second kappa shape index (κ2) is 11.0. The zero-order valence-electron chi connectivity index (χ0n) is 26.0. The molecule has 240 valence electrons. The summed E-state index contributed by atoms with van der Waals surface area (Å²) in [6, 6.07) is 0. The van der Waals surface area contributed by atoms with Gasteiger partial charge in [-0.2, -0.15) is 0 Å². The number of hydrogen-bond acceptors (Lipinski definition) is 12. The Morgan fingerprint density at radius 1 is 1.05 bits per heavy atom. The number of esters is 4. The van der Waals surface area contributed by atoms with Gasteiger partial charge in [0.05, 0.1) is 30.5 Å². The molecule has 2 aliphatic carbocycles. The molecule has 0 radical (unpaired) electrons. The van der Waals surface area contributed by atoms with E-state index in [9.17, 15) is 24.3 Å². The van der Waals surface area contributed by atoms with E-state index in [0.29, 0.717) is 12.8 Å². The smallest absolute Gasteiger partial charge is 0.350 e. The monoisotopic (exact) mass is 608 g/mol. The van der Waals surface area contributed by atoms with Crippen LogP contribution >= 0.6 is 0 Å². The van der Waals surface area contributed by atoms with Crippen LogP contribution in [0.2, 0.25) is 0 Å². The van der Waals surface area contributed by atoms with E-state index in [1.165, 1.54) is 27.7 Å². The molecule has 4 fully saturated rings. The lowest BCUT2D eigenvalue weighted by molar-refractivity contribution is -0.285. The van der Waals surface area contributed by atoms with E-state index >= 15 is 0 Å². The maximum Gasteiger partial charge on any atom is 0.350 e. The molecule has 0 bridgehead atoms. The van der Waals surface area contributed by atoms with E-state index in [-0.39, 0.29) is 44.0 Å². The number of rotatable bonds is 8. The Morgan fingerprint density at radius 2 is 1.74 bits per heavy atom. The summed E-state index contributed by atoms with van der Waals surface area (Å²) in [5.74, 6) is -2.99. The Bertz CT molecular complexity index is 1180. The summed E-state index contributed by atoms with van der Waals surface area (Å²) in [4.78, 5) is 50.3. The highest BCUT2D eigenvalue weighted by Crippen LogP contribution is 2.70. The van der Waals surface area contributed by atoms with Crippen LogP contribution in [0.15, 0.2) is 12.3 Å². The predicted octanol–water partition coefficient (Wildman–Crippen LogP) is 2.58. The van der Waals surface area contributed by atoms with Crippen LogP contribution < -0.4 is 0 Å². The Labute approximate surface area is 251 Å². The first kappa shape index (κ1) is 31.7. The molecule has 3 heterocycles. The summed E-state index contributed by atoms with van der Waals surface area (Å²) in [6.45, 7) is 11.0. The van der Waals surface area contributed by atoms with Crippen molar-refractivity contribution in [1.29, 1.82) is 0 Å². The largest absolute Gasteiger partial charge is 0.472 e. The molecule has 1 unspecified atom stereocenters. The van der Waals surface area contributed by atoms with Crippen molar-refractivity contribution in [2.24, 2.45) is 28.6 Å². The number of fused-ring (bicyclic) bond motifs is 3. The maximum atomic E-state index is 13.6. The van der Waals surface area contributed by atoms with Gasteiger partial charge in [0.2, 0.25) is 11.9 Å². The van der Waals surface area contributed by atoms with Gasteiger partial charge in [-0.25, -0.2) is 4.79 Å². The molecule has 43 heavy (non-hydrogen) atoms. The van der Waals surface area contributed by atoms with Crippen LogP contribution in [0.5, 0.6) is 0 Å². The average Bonchev–Trinajstić information content (AvgIpc) is 3.40. The van der Waals surface area contributed by atoms with E-state index in [4.69, 9.17) is 33.2 Å². The minimum absolute atomic E-state index is 0.0566. The molecule has 1 spiro atoms. The SMILES string of the molecule is CC[C@@](C)(OC(C)=O)C(=O)O[C@H]1[C@H](O)CC2[C@@](C)([C@@H]3C[C@H]4C=CO[C@H]4O3)[C@@H](C)C[C@H](OC(C)=O)[C@@]2(COC(C)=O)[C@@]12CO2. The zero-order chi connectivity index (χ0) is 31.5. The van der Waals surface area contributed by atoms with Gasteiger partial charge in [0.25, 0.3) is 0 Å². The van der Waals surface area contributed by atoms with Gasteiger partial charge in [0, 0.05) is 32.1 Å². The predicted molar refractivity (Wildman–Crippen MR) is 147 cm³/mol. The molecule has 0 amide bonds.